The van der Waals surface area contributed by atoms with Gasteiger partial charge in [0.2, 0.25) is 5.91 Å². The van der Waals surface area contributed by atoms with Crippen LogP contribution in [0, 0.1) is 10.1 Å². The van der Waals surface area contributed by atoms with Gasteiger partial charge >= 0.3 is 5.97 Å². The standard InChI is InChI=1S/C13H15N3O5/c17-12-8-15(11(7-14-12)13(18)19)6-5-9-1-3-10(4-2-9)16(20)21/h1-4,11H,5-8H2,(H,14,17)(H,18,19). The van der Waals surface area contributed by atoms with Gasteiger partial charge in [0.05, 0.1) is 11.5 Å². The van der Waals surface area contributed by atoms with Crippen molar-refractivity contribution in [3.05, 3.63) is 39.9 Å². The lowest BCUT2D eigenvalue weighted by Gasteiger charge is -2.32. The molecule has 1 unspecified atom stereocenters. The first-order valence-electron chi connectivity index (χ1n) is 6.44. The Hall–Kier alpha value is -2.48. The molecule has 0 aromatic heterocycles. The lowest BCUT2D eigenvalue weighted by atomic mass is 10.1. The van der Waals surface area contributed by atoms with Crippen LogP contribution < -0.4 is 5.32 Å². The van der Waals surface area contributed by atoms with Crippen LogP contribution in [0.1, 0.15) is 5.56 Å². The number of benzene rings is 1. The molecule has 1 aromatic rings. The van der Waals surface area contributed by atoms with Crippen LogP contribution in [0.25, 0.3) is 0 Å². The van der Waals surface area contributed by atoms with Crippen LogP contribution in [-0.4, -0.2) is 52.5 Å². The number of hydrogen-bond acceptors (Lipinski definition) is 5. The van der Waals surface area contributed by atoms with Crippen molar-refractivity contribution in [2.45, 2.75) is 12.5 Å². The molecule has 1 aromatic carbocycles. The maximum atomic E-state index is 11.4. The van der Waals surface area contributed by atoms with Gasteiger partial charge in [-0.25, -0.2) is 0 Å². The van der Waals surface area contributed by atoms with Gasteiger partial charge in [-0.3, -0.25) is 24.6 Å². The monoisotopic (exact) mass is 293 g/mol. The molecule has 21 heavy (non-hydrogen) atoms. The first-order valence-corrected chi connectivity index (χ1v) is 6.44. The van der Waals surface area contributed by atoms with Gasteiger partial charge in [0.15, 0.2) is 0 Å². The van der Waals surface area contributed by atoms with Crippen LogP contribution >= 0.6 is 0 Å². The number of hydrogen-bond donors (Lipinski definition) is 2. The molecule has 1 fully saturated rings. The van der Waals surface area contributed by atoms with E-state index in [1.54, 1.807) is 17.0 Å². The molecular formula is C13H15N3O5. The number of non-ortho nitro benzene ring substituents is 1. The highest BCUT2D eigenvalue weighted by atomic mass is 16.6. The zero-order chi connectivity index (χ0) is 15.4. The number of nitrogens with zero attached hydrogens (tertiary/aromatic N) is 2. The number of nitrogens with one attached hydrogen (secondary N) is 1. The van der Waals surface area contributed by atoms with Crippen LogP contribution in [0.15, 0.2) is 24.3 Å². The molecule has 0 radical (unpaired) electrons. The van der Waals surface area contributed by atoms with E-state index in [0.717, 1.165) is 5.56 Å². The third-order valence-electron chi connectivity index (χ3n) is 3.40. The van der Waals surface area contributed by atoms with Crippen LogP contribution in [0.4, 0.5) is 5.69 Å². The molecule has 0 aliphatic carbocycles. The molecule has 0 spiro atoms. The van der Waals surface area contributed by atoms with Crippen molar-refractivity contribution in [2.24, 2.45) is 0 Å². The quantitative estimate of drug-likeness (QED) is 0.584. The SMILES string of the molecule is O=C1CN(CCc2ccc([N+](=O)[O-])cc2)C(C(=O)O)CN1. The minimum atomic E-state index is -0.973. The smallest absolute Gasteiger partial charge is 0.322 e. The Bertz CT molecular complexity index is 557. The number of nitro groups is 1. The Labute approximate surface area is 120 Å². The van der Waals surface area contributed by atoms with E-state index in [-0.39, 0.29) is 24.7 Å². The van der Waals surface area contributed by atoms with Crippen molar-refractivity contribution in [3.8, 4) is 0 Å². The number of carbonyl (C=O) groups excluding carboxylic acids is 1. The summed E-state index contributed by atoms with van der Waals surface area (Å²) in [5.74, 6) is -1.17. The summed E-state index contributed by atoms with van der Waals surface area (Å²) in [6, 6.07) is 5.36. The predicted molar refractivity (Wildman–Crippen MR) is 72.8 cm³/mol. The third kappa shape index (κ3) is 3.76. The van der Waals surface area contributed by atoms with Gasteiger partial charge < -0.3 is 10.4 Å². The molecule has 1 amide bonds. The second-order valence-corrected chi connectivity index (χ2v) is 4.80. The molecule has 0 bridgehead atoms. The van der Waals surface area contributed by atoms with E-state index < -0.39 is 16.9 Å². The third-order valence-corrected chi connectivity index (χ3v) is 3.40. The number of piperazine rings is 1. The molecule has 1 saturated heterocycles. The van der Waals surface area contributed by atoms with Gasteiger partial charge in [-0.15, -0.1) is 0 Å². The molecule has 2 rings (SSSR count). The second kappa shape index (κ2) is 6.31. The number of carboxylic acids is 1. The minimum Gasteiger partial charge on any atom is -0.480 e. The first-order chi connectivity index (χ1) is 9.97. The molecule has 1 aliphatic rings. The Kier molecular flexibility index (Phi) is 4.49. The van der Waals surface area contributed by atoms with Crippen molar-refractivity contribution < 1.29 is 19.6 Å². The zero-order valence-corrected chi connectivity index (χ0v) is 11.2. The second-order valence-electron chi connectivity index (χ2n) is 4.80. The van der Waals surface area contributed by atoms with Gasteiger partial charge in [0, 0.05) is 25.2 Å². The van der Waals surface area contributed by atoms with E-state index in [0.29, 0.717) is 13.0 Å². The largest absolute Gasteiger partial charge is 0.480 e. The highest BCUT2D eigenvalue weighted by molar-refractivity contribution is 5.83. The lowest BCUT2D eigenvalue weighted by molar-refractivity contribution is -0.384. The van der Waals surface area contributed by atoms with E-state index in [9.17, 15) is 19.7 Å². The molecule has 1 heterocycles. The fraction of sp³-hybridized carbons (Fsp3) is 0.385. The Morgan fingerprint density at radius 3 is 2.67 bits per heavy atom. The van der Waals surface area contributed by atoms with E-state index in [1.807, 2.05) is 0 Å². The molecule has 1 atom stereocenters. The Morgan fingerprint density at radius 1 is 1.43 bits per heavy atom. The van der Waals surface area contributed by atoms with Crippen LogP contribution in [0.5, 0.6) is 0 Å². The fourth-order valence-electron chi connectivity index (χ4n) is 2.23. The molecule has 112 valence electrons. The molecule has 2 N–H and O–H groups in total. The van der Waals surface area contributed by atoms with Crippen molar-refractivity contribution in [2.75, 3.05) is 19.6 Å². The summed E-state index contributed by atoms with van der Waals surface area (Å²) >= 11 is 0. The van der Waals surface area contributed by atoms with Crippen molar-refractivity contribution in [3.63, 3.8) is 0 Å². The maximum Gasteiger partial charge on any atom is 0.322 e. The van der Waals surface area contributed by atoms with Crippen LogP contribution in [0.2, 0.25) is 0 Å². The number of carboxylic acid groups (broad SMARTS) is 1. The van der Waals surface area contributed by atoms with E-state index in [1.165, 1.54) is 12.1 Å². The lowest BCUT2D eigenvalue weighted by Crippen LogP contribution is -2.57. The predicted octanol–water partition coefficient (Wildman–Crippen LogP) is 0.0223. The fourth-order valence-corrected chi connectivity index (χ4v) is 2.23. The minimum absolute atomic E-state index is 0.0134. The topological polar surface area (TPSA) is 113 Å². The van der Waals surface area contributed by atoms with Gasteiger partial charge in [0.1, 0.15) is 6.04 Å². The van der Waals surface area contributed by atoms with E-state index >= 15 is 0 Å². The van der Waals surface area contributed by atoms with Crippen molar-refractivity contribution in [1.82, 2.24) is 10.2 Å². The first kappa shape index (κ1) is 14.9. The number of nitro benzene ring substituents is 1. The van der Waals surface area contributed by atoms with Crippen LogP contribution in [0.3, 0.4) is 0 Å². The number of carbonyl (C=O) groups is 2. The number of rotatable bonds is 5. The average Bonchev–Trinajstić information content (AvgIpc) is 2.45. The maximum absolute atomic E-state index is 11.4. The van der Waals surface area contributed by atoms with Crippen LogP contribution in [-0.2, 0) is 16.0 Å². The summed E-state index contributed by atoms with van der Waals surface area (Å²) in [6.45, 7) is 0.542. The van der Waals surface area contributed by atoms with Crippen molar-refractivity contribution in [1.29, 1.82) is 0 Å². The highest BCUT2D eigenvalue weighted by Crippen LogP contribution is 2.13. The highest BCUT2D eigenvalue weighted by Gasteiger charge is 2.31. The average molecular weight is 293 g/mol. The molecular weight excluding hydrogens is 278 g/mol. The van der Waals surface area contributed by atoms with Gasteiger partial charge in [-0.05, 0) is 12.0 Å². The molecule has 8 heteroatoms. The number of amides is 1. The summed E-state index contributed by atoms with van der Waals surface area (Å²) < 4.78 is 0. The molecule has 0 saturated carbocycles. The van der Waals surface area contributed by atoms with Gasteiger partial charge in [-0.2, -0.15) is 0 Å². The summed E-state index contributed by atoms with van der Waals surface area (Å²) in [6.07, 6.45) is 0.523. The summed E-state index contributed by atoms with van der Waals surface area (Å²) in [5.41, 5.74) is 0.871. The Balaban J connectivity index is 1.98. The summed E-state index contributed by atoms with van der Waals surface area (Å²) in [5, 5.41) is 22.2. The number of aliphatic carboxylic acids is 1. The van der Waals surface area contributed by atoms with Gasteiger partial charge in [0.25, 0.3) is 5.69 Å². The normalized spacial score (nSPS) is 19.0. The molecule has 1 aliphatic heterocycles. The summed E-state index contributed by atoms with van der Waals surface area (Å²) in [7, 11) is 0. The molecule has 8 nitrogen and oxygen atoms in total. The van der Waals surface area contributed by atoms with Crippen molar-refractivity contribution >= 4 is 17.6 Å². The van der Waals surface area contributed by atoms with Gasteiger partial charge in [-0.1, -0.05) is 12.1 Å². The zero-order valence-electron chi connectivity index (χ0n) is 11.2. The Morgan fingerprint density at radius 2 is 2.10 bits per heavy atom. The van der Waals surface area contributed by atoms with E-state index in [4.69, 9.17) is 5.11 Å². The summed E-state index contributed by atoms with van der Waals surface area (Å²) in [4.78, 5) is 34.2. The van der Waals surface area contributed by atoms with E-state index in [2.05, 4.69) is 5.32 Å².